The molecule has 2 amide bonds. The predicted octanol–water partition coefficient (Wildman–Crippen LogP) is 4.36. The molecule has 3 aromatic rings. The van der Waals surface area contributed by atoms with Gasteiger partial charge >= 0.3 is 0 Å². The first-order valence-electron chi connectivity index (χ1n) is 13.4. The van der Waals surface area contributed by atoms with Gasteiger partial charge in [-0.25, -0.2) is 12.8 Å². The van der Waals surface area contributed by atoms with Crippen molar-refractivity contribution in [1.82, 2.24) is 10.2 Å². The van der Waals surface area contributed by atoms with Crippen LogP contribution in [0.5, 0.6) is 0 Å². The molecule has 0 fully saturated rings. The molecule has 0 aromatic heterocycles. The van der Waals surface area contributed by atoms with E-state index >= 15 is 0 Å². The van der Waals surface area contributed by atoms with E-state index in [9.17, 15) is 32.5 Å². The van der Waals surface area contributed by atoms with Gasteiger partial charge in [-0.05, 0) is 49.1 Å². The quantitative estimate of drug-likeness (QED) is 0.230. The first-order valence-corrected chi connectivity index (χ1v) is 15.3. The number of nitro benzene ring substituents is 1. The van der Waals surface area contributed by atoms with Crippen LogP contribution in [0.15, 0.2) is 72.8 Å². The zero-order valence-corrected chi connectivity index (χ0v) is 24.8. The molecule has 0 bridgehead atoms. The third-order valence-corrected chi connectivity index (χ3v) is 8.02. The Kier molecular flexibility index (Phi) is 10.8. The van der Waals surface area contributed by atoms with Gasteiger partial charge in [0.2, 0.25) is 21.8 Å². The Balaban J connectivity index is 2.10. The molecule has 0 unspecified atom stereocenters. The van der Waals surface area contributed by atoms with Gasteiger partial charge in [-0.2, -0.15) is 0 Å². The Hall–Kier alpha value is -4.32. The van der Waals surface area contributed by atoms with Gasteiger partial charge in [0.25, 0.3) is 5.69 Å². The number of nitro groups is 1. The van der Waals surface area contributed by atoms with Crippen molar-refractivity contribution in [2.24, 2.45) is 0 Å². The lowest BCUT2D eigenvalue weighted by molar-refractivity contribution is -0.384. The fourth-order valence-electron chi connectivity index (χ4n) is 4.36. The molecule has 0 saturated carbocycles. The summed E-state index contributed by atoms with van der Waals surface area (Å²) in [7, 11) is -4.10. The Labute approximate surface area is 245 Å². The Morgan fingerprint density at radius 3 is 2.24 bits per heavy atom. The van der Waals surface area contributed by atoms with Crippen molar-refractivity contribution >= 4 is 33.2 Å². The maximum atomic E-state index is 14.1. The summed E-state index contributed by atoms with van der Waals surface area (Å²) < 4.78 is 40.4. The number of amides is 2. The number of carbonyl (C=O) groups is 2. The van der Waals surface area contributed by atoms with Crippen LogP contribution < -0.4 is 9.62 Å². The highest BCUT2D eigenvalue weighted by Gasteiger charge is 2.34. The largest absolute Gasteiger partial charge is 0.352 e. The molecule has 3 rings (SSSR count). The number of carbonyl (C=O) groups excluding carboxylic acids is 2. The van der Waals surface area contributed by atoms with Crippen molar-refractivity contribution in [1.29, 1.82) is 0 Å². The van der Waals surface area contributed by atoms with Crippen LogP contribution in [-0.4, -0.2) is 54.9 Å². The molecule has 10 nitrogen and oxygen atoms in total. The lowest BCUT2D eigenvalue weighted by Crippen LogP contribution is -2.54. The number of benzene rings is 3. The fraction of sp³-hybridized carbons (Fsp3) is 0.333. The van der Waals surface area contributed by atoms with Crippen LogP contribution >= 0.6 is 0 Å². The summed E-state index contributed by atoms with van der Waals surface area (Å²) in [6.07, 6.45) is 1.67. The molecule has 12 heteroatoms. The Bertz CT molecular complexity index is 1520. The van der Waals surface area contributed by atoms with Crippen LogP contribution in [0.4, 0.5) is 15.8 Å². The van der Waals surface area contributed by atoms with Gasteiger partial charge < -0.3 is 10.2 Å². The topological polar surface area (TPSA) is 130 Å². The van der Waals surface area contributed by atoms with E-state index in [1.807, 2.05) is 44.2 Å². The maximum absolute atomic E-state index is 14.1. The van der Waals surface area contributed by atoms with Crippen molar-refractivity contribution in [3.8, 4) is 0 Å². The van der Waals surface area contributed by atoms with E-state index in [2.05, 4.69) is 5.32 Å². The van der Waals surface area contributed by atoms with Crippen LogP contribution in [0.3, 0.4) is 0 Å². The second-order valence-corrected chi connectivity index (χ2v) is 12.1. The highest BCUT2D eigenvalue weighted by molar-refractivity contribution is 7.92. The van der Waals surface area contributed by atoms with Gasteiger partial charge in [0.05, 0.1) is 16.9 Å². The van der Waals surface area contributed by atoms with Gasteiger partial charge in [0.15, 0.2) is 0 Å². The molecule has 0 saturated heterocycles. The van der Waals surface area contributed by atoms with Crippen LogP contribution in [0.1, 0.15) is 37.0 Å². The minimum atomic E-state index is -4.10. The smallest absolute Gasteiger partial charge is 0.271 e. The van der Waals surface area contributed by atoms with E-state index in [4.69, 9.17) is 0 Å². The summed E-state index contributed by atoms with van der Waals surface area (Å²) in [5, 5.41) is 14.4. The molecule has 0 aliphatic rings. The molecule has 0 spiro atoms. The molecule has 0 heterocycles. The molecule has 0 aliphatic heterocycles. The second kappa shape index (κ2) is 14.0. The maximum Gasteiger partial charge on any atom is 0.271 e. The van der Waals surface area contributed by atoms with Gasteiger partial charge in [-0.15, -0.1) is 0 Å². The number of sulfonamides is 1. The molecule has 42 heavy (non-hydrogen) atoms. The highest BCUT2D eigenvalue weighted by atomic mass is 32.2. The van der Waals surface area contributed by atoms with E-state index in [-0.39, 0.29) is 30.4 Å². The van der Waals surface area contributed by atoms with Crippen LogP contribution in [0.2, 0.25) is 0 Å². The lowest BCUT2D eigenvalue weighted by Gasteiger charge is -2.34. The number of hydrogen-bond acceptors (Lipinski definition) is 6. The average molecular weight is 599 g/mol. The number of nitrogens with zero attached hydrogens (tertiary/aromatic N) is 3. The molecule has 1 N–H and O–H groups in total. The minimum Gasteiger partial charge on any atom is -0.352 e. The minimum absolute atomic E-state index is 0.0227. The van der Waals surface area contributed by atoms with Crippen molar-refractivity contribution in [2.45, 2.75) is 52.2 Å². The van der Waals surface area contributed by atoms with E-state index in [0.29, 0.717) is 17.5 Å². The monoisotopic (exact) mass is 598 g/mol. The summed E-state index contributed by atoms with van der Waals surface area (Å²) in [5.74, 6) is -1.62. The number of nitrogens with one attached hydrogen (secondary N) is 1. The normalized spacial score (nSPS) is 12.7. The number of halogens is 1. The summed E-state index contributed by atoms with van der Waals surface area (Å²) in [4.78, 5) is 39.8. The third-order valence-electron chi connectivity index (χ3n) is 6.89. The first kappa shape index (κ1) is 32.2. The van der Waals surface area contributed by atoms with Gasteiger partial charge in [0.1, 0.15) is 18.4 Å². The van der Waals surface area contributed by atoms with Gasteiger partial charge in [0, 0.05) is 31.1 Å². The van der Waals surface area contributed by atoms with Crippen LogP contribution in [-0.2, 0) is 32.6 Å². The molecular formula is C30H35FN4O6S. The molecular weight excluding hydrogens is 563 g/mol. The van der Waals surface area contributed by atoms with Crippen molar-refractivity contribution in [3.05, 3.63) is 105 Å². The summed E-state index contributed by atoms with van der Waals surface area (Å²) in [5.41, 5.74) is 1.34. The molecule has 3 aromatic carbocycles. The van der Waals surface area contributed by atoms with Gasteiger partial charge in [-0.1, -0.05) is 55.5 Å². The number of anilines is 1. The number of rotatable bonds is 13. The predicted molar refractivity (Wildman–Crippen MR) is 159 cm³/mol. The van der Waals surface area contributed by atoms with Crippen LogP contribution in [0.25, 0.3) is 0 Å². The summed E-state index contributed by atoms with van der Waals surface area (Å²) in [6.45, 7) is 4.49. The molecule has 224 valence electrons. The Morgan fingerprint density at radius 1 is 1.02 bits per heavy atom. The molecule has 2 atom stereocenters. The number of non-ortho nitro benzene ring substituents is 1. The average Bonchev–Trinajstić information content (AvgIpc) is 2.94. The van der Waals surface area contributed by atoms with Crippen LogP contribution in [0, 0.1) is 22.9 Å². The number of aryl methyl sites for hydroxylation is 1. The fourth-order valence-corrected chi connectivity index (χ4v) is 5.26. The third kappa shape index (κ3) is 8.59. The standard InChI is InChI=1S/C30H35FN4O6S/c1-5-22(3)32-30(37)28(17-23-9-7-6-8-10-23)33(19-24-12-14-25(31)15-13-24)29(36)20-34(42(4,40)41)27-18-26(35(38)39)16-11-21(27)2/h6-16,18,22,28H,5,17,19-20H2,1-4H3,(H,32,37)/t22-,28+/m1/s1. The molecule has 0 aliphatic carbocycles. The first-order chi connectivity index (χ1) is 19.8. The van der Waals surface area contributed by atoms with Crippen molar-refractivity contribution in [3.63, 3.8) is 0 Å². The molecule has 0 radical (unpaired) electrons. The van der Waals surface area contributed by atoms with Crippen molar-refractivity contribution < 1.29 is 27.3 Å². The van der Waals surface area contributed by atoms with Crippen molar-refractivity contribution in [2.75, 3.05) is 17.1 Å². The summed E-state index contributed by atoms with van der Waals surface area (Å²) >= 11 is 0. The highest BCUT2D eigenvalue weighted by Crippen LogP contribution is 2.28. The number of hydrogen-bond donors (Lipinski definition) is 1. The second-order valence-electron chi connectivity index (χ2n) is 10.2. The summed E-state index contributed by atoms with van der Waals surface area (Å²) in [6, 6.07) is 17.0. The van der Waals surface area contributed by atoms with Gasteiger partial charge in [-0.3, -0.25) is 24.0 Å². The van der Waals surface area contributed by atoms with E-state index < -0.39 is 45.2 Å². The SMILES string of the molecule is CC[C@@H](C)NC(=O)[C@H](Cc1ccccc1)N(Cc1ccc(F)cc1)C(=O)CN(c1cc([N+](=O)[O-])ccc1C)S(C)(=O)=O. The zero-order chi connectivity index (χ0) is 31.0. The van der Waals surface area contributed by atoms with E-state index in [1.165, 1.54) is 41.3 Å². The van der Waals surface area contributed by atoms with E-state index in [0.717, 1.165) is 22.2 Å². The zero-order valence-electron chi connectivity index (χ0n) is 24.0. The lowest BCUT2D eigenvalue weighted by atomic mass is 10.0. The Morgan fingerprint density at radius 2 is 1.67 bits per heavy atom. The van der Waals surface area contributed by atoms with E-state index in [1.54, 1.807) is 6.92 Å².